The van der Waals surface area contributed by atoms with E-state index in [0.717, 1.165) is 43.1 Å². The predicted octanol–water partition coefficient (Wildman–Crippen LogP) is 3.34. The molecule has 1 heterocycles. The molecule has 2 nitrogen and oxygen atoms in total. The lowest BCUT2D eigenvalue weighted by Gasteiger charge is -2.35. The van der Waals surface area contributed by atoms with Gasteiger partial charge in [-0.05, 0) is 37.5 Å². The molecule has 0 saturated carbocycles. The molecule has 0 amide bonds. The van der Waals surface area contributed by atoms with E-state index in [9.17, 15) is 5.11 Å². The van der Waals surface area contributed by atoms with Crippen LogP contribution in [0.3, 0.4) is 0 Å². The highest BCUT2D eigenvalue weighted by molar-refractivity contribution is 6.35. The molecule has 17 heavy (non-hydrogen) atoms. The first-order valence-corrected chi connectivity index (χ1v) is 6.60. The van der Waals surface area contributed by atoms with Crippen molar-refractivity contribution in [2.75, 3.05) is 13.1 Å². The van der Waals surface area contributed by atoms with Crippen molar-refractivity contribution in [1.82, 2.24) is 4.90 Å². The Balaban J connectivity index is 1.98. The fourth-order valence-electron chi connectivity index (χ4n) is 2.08. The van der Waals surface area contributed by atoms with Crippen LogP contribution in [-0.2, 0) is 6.54 Å². The van der Waals surface area contributed by atoms with Crippen LogP contribution >= 0.6 is 23.2 Å². The van der Waals surface area contributed by atoms with Gasteiger partial charge >= 0.3 is 0 Å². The molecule has 1 saturated heterocycles. The van der Waals surface area contributed by atoms with Gasteiger partial charge in [-0.25, -0.2) is 0 Å². The topological polar surface area (TPSA) is 23.5 Å². The third-order valence-electron chi connectivity index (χ3n) is 3.34. The molecule has 0 aliphatic carbocycles. The summed E-state index contributed by atoms with van der Waals surface area (Å²) in [6.45, 7) is 4.55. The van der Waals surface area contributed by atoms with Crippen LogP contribution in [0.15, 0.2) is 18.2 Å². The van der Waals surface area contributed by atoms with Crippen LogP contribution in [0.1, 0.15) is 25.3 Å². The molecule has 1 aliphatic rings. The Morgan fingerprint density at radius 2 is 1.94 bits per heavy atom. The summed E-state index contributed by atoms with van der Waals surface area (Å²) in [5, 5.41) is 11.3. The highest BCUT2D eigenvalue weighted by Crippen LogP contribution is 2.26. The number of benzene rings is 1. The lowest BCUT2D eigenvalue weighted by Crippen LogP contribution is -2.41. The summed E-state index contributed by atoms with van der Waals surface area (Å²) in [4.78, 5) is 2.31. The minimum atomic E-state index is -0.500. The van der Waals surface area contributed by atoms with E-state index >= 15 is 0 Å². The monoisotopic (exact) mass is 273 g/mol. The Morgan fingerprint density at radius 1 is 1.29 bits per heavy atom. The van der Waals surface area contributed by atoms with Gasteiger partial charge in [-0.2, -0.15) is 0 Å². The van der Waals surface area contributed by atoms with Crippen molar-refractivity contribution >= 4 is 23.2 Å². The fraction of sp³-hybridized carbons (Fsp3) is 0.538. The molecule has 0 aromatic heterocycles. The van der Waals surface area contributed by atoms with Crippen LogP contribution in [0, 0.1) is 0 Å². The number of likely N-dealkylation sites (tertiary alicyclic amines) is 1. The van der Waals surface area contributed by atoms with Crippen LogP contribution in [0.2, 0.25) is 10.0 Å². The highest BCUT2D eigenvalue weighted by atomic mass is 35.5. The zero-order valence-corrected chi connectivity index (χ0v) is 11.4. The van der Waals surface area contributed by atoms with Crippen LogP contribution in [-0.4, -0.2) is 28.7 Å². The van der Waals surface area contributed by atoms with Crippen LogP contribution < -0.4 is 0 Å². The molecule has 2 rings (SSSR count). The van der Waals surface area contributed by atoms with Gasteiger partial charge in [-0.1, -0.05) is 29.3 Å². The molecule has 0 bridgehead atoms. The van der Waals surface area contributed by atoms with Gasteiger partial charge in [0, 0.05) is 29.7 Å². The van der Waals surface area contributed by atoms with Crippen molar-refractivity contribution in [3.63, 3.8) is 0 Å². The number of piperidine rings is 1. The Kier molecular flexibility index (Phi) is 3.99. The molecule has 0 spiro atoms. The first kappa shape index (κ1) is 13.2. The van der Waals surface area contributed by atoms with E-state index in [0.29, 0.717) is 5.02 Å². The number of rotatable bonds is 2. The van der Waals surface area contributed by atoms with Gasteiger partial charge in [0.25, 0.3) is 0 Å². The van der Waals surface area contributed by atoms with E-state index < -0.39 is 5.60 Å². The molecule has 1 N–H and O–H groups in total. The Bertz CT molecular complexity index is 396. The number of hydrogen-bond donors (Lipinski definition) is 1. The number of hydrogen-bond acceptors (Lipinski definition) is 2. The Morgan fingerprint density at radius 3 is 2.53 bits per heavy atom. The van der Waals surface area contributed by atoms with E-state index in [4.69, 9.17) is 23.2 Å². The quantitative estimate of drug-likeness (QED) is 0.894. The van der Waals surface area contributed by atoms with Crippen molar-refractivity contribution in [3.8, 4) is 0 Å². The van der Waals surface area contributed by atoms with E-state index in [2.05, 4.69) is 4.90 Å². The van der Waals surface area contributed by atoms with Crippen molar-refractivity contribution in [3.05, 3.63) is 33.8 Å². The molecule has 94 valence electrons. The van der Waals surface area contributed by atoms with Gasteiger partial charge < -0.3 is 5.11 Å². The molecule has 0 atom stereocenters. The average molecular weight is 274 g/mol. The zero-order chi connectivity index (χ0) is 12.5. The van der Waals surface area contributed by atoms with Gasteiger partial charge in [0.2, 0.25) is 0 Å². The standard InChI is InChI=1S/C13H17Cl2NO/c1-13(17)4-6-16(7-5-13)9-10-2-3-11(14)8-12(10)15/h2-3,8,17H,4-7,9H2,1H3. The Labute approximate surface area is 112 Å². The van der Waals surface area contributed by atoms with Crippen LogP contribution in [0.4, 0.5) is 0 Å². The van der Waals surface area contributed by atoms with Gasteiger partial charge in [-0.15, -0.1) is 0 Å². The fourth-order valence-corrected chi connectivity index (χ4v) is 2.55. The third kappa shape index (κ3) is 3.59. The molecular formula is C13H17Cl2NO. The maximum absolute atomic E-state index is 9.88. The lowest BCUT2D eigenvalue weighted by atomic mass is 9.93. The van der Waals surface area contributed by atoms with E-state index in [1.807, 2.05) is 19.1 Å². The largest absolute Gasteiger partial charge is 0.390 e. The summed E-state index contributed by atoms with van der Waals surface area (Å²) < 4.78 is 0. The molecule has 0 radical (unpaired) electrons. The second kappa shape index (κ2) is 5.15. The summed E-state index contributed by atoms with van der Waals surface area (Å²) in [5.41, 5.74) is 0.595. The van der Waals surface area contributed by atoms with Crippen LogP contribution in [0.5, 0.6) is 0 Å². The first-order valence-electron chi connectivity index (χ1n) is 5.85. The molecule has 1 fully saturated rings. The average Bonchev–Trinajstić information content (AvgIpc) is 2.25. The minimum absolute atomic E-state index is 0.500. The molecule has 0 unspecified atom stereocenters. The molecule has 1 aromatic rings. The second-order valence-electron chi connectivity index (χ2n) is 5.01. The number of aliphatic hydroxyl groups is 1. The molecule has 1 aliphatic heterocycles. The summed E-state index contributed by atoms with van der Waals surface area (Å²) in [6, 6.07) is 5.61. The highest BCUT2D eigenvalue weighted by Gasteiger charge is 2.27. The normalized spacial score (nSPS) is 20.5. The predicted molar refractivity (Wildman–Crippen MR) is 71.6 cm³/mol. The maximum atomic E-state index is 9.88. The lowest BCUT2D eigenvalue weighted by molar-refractivity contribution is -0.00729. The first-order chi connectivity index (χ1) is 7.96. The number of nitrogens with zero attached hydrogens (tertiary/aromatic N) is 1. The molecule has 4 heteroatoms. The van der Waals surface area contributed by atoms with Crippen molar-refractivity contribution in [2.45, 2.75) is 31.9 Å². The summed E-state index contributed by atoms with van der Waals surface area (Å²) >= 11 is 12.0. The molecular weight excluding hydrogens is 257 g/mol. The maximum Gasteiger partial charge on any atom is 0.0644 e. The summed E-state index contributed by atoms with van der Waals surface area (Å²) in [5.74, 6) is 0. The van der Waals surface area contributed by atoms with Gasteiger partial charge in [0.1, 0.15) is 0 Å². The van der Waals surface area contributed by atoms with Crippen molar-refractivity contribution < 1.29 is 5.11 Å². The van der Waals surface area contributed by atoms with Gasteiger partial charge in [0.05, 0.1) is 5.60 Å². The summed E-state index contributed by atoms with van der Waals surface area (Å²) in [7, 11) is 0. The van der Waals surface area contributed by atoms with E-state index in [1.165, 1.54) is 0 Å². The molecule has 1 aromatic carbocycles. The second-order valence-corrected chi connectivity index (χ2v) is 5.85. The minimum Gasteiger partial charge on any atom is -0.390 e. The van der Waals surface area contributed by atoms with Crippen molar-refractivity contribution in [1.29, 1.82) is 0 Å². The van der Waals surface area contributed by atoms with Gasteiger partial charge in [-0.3, -0.25) is 4.90 Å². The third-order valence-corrected chi connectivity index (χ3v) is 3.93. The number of halogens is 2. The van der Waals surface area contributed by atoms with Crippen LogP contribution in [0.25, 0.3) is 0 Å². The SMILES string of the molecule is CC1(O)CCN(Cc2ccc(Cl)cc2Cl)CC1. The smallest absolute Gasteiger partial charge is 0.0644 e. The van der Waals surface area contributed by atoms with E-state index in [1.54, 1.807) is 6.07 Å². The van der Waals surface area contributed by atoms with E-state index in [-0.39, 0.29) is 0 Å². The Hall–Kier alpha value is -0.280. The summed E-state index contributed by atoms with van der Waals surface area (Å²) in [6.07, 6.45) is 1.64. The zero-order valence-electron chi connectivity index (χ0n) is 9.92. The van der Waals surface area contributed by atoms with Crippen molar-refractivity contribution in [2.24, 2.45) is 0 Å². The van der Waals surface area contributed by atoms with Gasteiger partial charge in [0.15, 0.2) is 0 Å².